The Morgan fingerprint density at radius 2 is 2.00 bits per heavy atom. The Bertz CT molecular complexity index is 676. The molecule has 0 spiro atoms. The van der Waals surface area contributed by atoms with Gasteiger partial charge in [0.2, 0.25) is 5.89 Å². The zero-order chi connectivity index (χ0) is 18.3. The first-order valence-electron chi connectivity index (χ1n) is 8.45. The van der Waals surface area contributed by atoms with E-state index in [1.54, 1.807) is 30.7 Å². The highest BCUT2D eigenvalue weighted by atomic mass is 16.4. The highest BCUT2D eigenvalue weighted by Gasteiger charge is 2.19. The van der Waals surface area contributed by atoms with Gasteiger partial charge in [-0.15, -0.1) is 0 Å². The van der Waals surface area contributed by atoms with Crippen molar-refractivity contribution in [2.45, 2.75) is 45.8 Å². The number of nitrogens with zero attached hydrogens (tertiary/aromatic N) is 3. The summed E-state index contributed by atoms with van der Waals surface area (Å²) in [6, 6.07) is 3.58. The van der Waals surface area contributed by atoms with Gasteiger partial charge in [-0.25, -0.2) is 9.98 Å². The van der Waals surface area contributed by atoms with E-state index in [1.807, 2.05) is 6.92 Å². The molecule has 2 aromatic rings. The molecule has 25 heavy (non-hydrogen) atoms. The minimum atomic E-state index is -0.638. The van der Waals surface area contributed by atoms with Gasteiger partial charge in [0.1, 0.15) is 12.3 Å². The standard InChI is InChI=1S/C18H27N5O2/c1-5-20-17(22-10-14(24)13-6-8-19-9-7-13)23-12-16-21-11-15(25-16)18(2,3)4/h6-9,11,14,24H,5,10,12H2,1-4H3,(H2,20,22,23). The summed E-state index contributed by atoms with van der Waals surface area (Å²) < 4.78 is 5.74. The molecule has 2 heterocycles. The second-order valence-corrected chi connectivity index (χ2v) is 6.74. The summed E-state index contributed by atoms with van der Waals surface area (Å²) in [5.41, 5.74) is 0.729. The molecular weight excluding hydrogens is 318 g/mol. The van der Waals surface area contributed by atoms with Crippen molar-refractivity contribution in [2.75, 3.05) is 13.1 Å². The van der Waals surface area contributed by atoms with Crippen molar-refractivity contribution < 1.29 is 9.52 Å². The minimum Gasteiger partial charge on any atom is -0.443 e. The number of nitrogens with one attached hydrogen (secondary N) is 2. The predicted octanol–water partition coefficient (Wildman–Crippen LogP) is 2.16. The maximum absolute atomic E-state index is 10.2. The maximum atomic E-state index is 10.2. The van der Waals surface area contributed by atoms with Crippen LogP contribution < -0.4 is 10.6 Å². The number of aliphatic hydroxyl groups excluding tert-OH is 1. The van der Waals surface area contributed by atoms with Crippen molar-refractivity contribution in [3.8, 4) is 0 Å². The topological polar surface area (TPSA) is 95.6 Å². The third-order valence-corrected chi connectivity index (χ3v) is 3.56. The molecule has 0 saturated heterocycles. The summed E-state index contributed by atoms with van der Waals surface area (Å²) in [5, 5.41) is 16.5. The van der Waals surface area contributed by atoms with E-state index in [0.717, 1.165) is 17.9 Å². The number of aliphatic imine (C=N–C) groups is 1. The van der Waals surface area contributed by atoms with Crippen LogP contribution in [0.25, 0.3) is 0 Å². The molecule has 0 aromatic carbocycles. The first kappa shape index (κ1) is 18.9. The first-order chi connectivity index (χ1) is 11.9. The molecule has 2 aromatic heterocycles. The van der Waals surface area contributed by atoms with Crippen molar-refractivity contribution in [3.63, 3.8) is 0 Å². The van der Waals surface area contributed by atoms with Crippen molar-refractivity contribution in [3.05, 3.63) is 47.9 Å². The Labute approximate surface area is 148 Å². The summed E-state index contributed by atoms with van der Waals surface area (Å²) >= 11 is 0. The quantitative estimate of drug-likeness (QED) is 0.548. The van der Waals surface area contributed by atoms with Crippen LogP contribution in [-0.2, 0) is 12.0 Å². The molecule has 0 bridgehead atoms. The van der Waals surface area contributed by atoms with E-state index in [0.29, 0.717) is 24.9 Å². The molecule has 0 saturated carbocycles. The van der Waals surface area contributed by atoms with Crippen molar-refractivity contribution in [1.29, 1.82) is 0 Å². The molecule has 0 aliphatic carbocycles. The molecule has 7 nitrogen and oxygen atoms in total. The molecule has 0 aliphatic heterocycles. The third-order valence-electron chi connectivity index (χ3n) is 3.56. The summed E-state index contributed by atoms with van der Waals surface area (Å²) in [6.07, 6.45) is 4.43. The summed E-state index contributed by atoms with van der Waals surface area (Å²) in [4.78, 5) is 12.7. The Kier molecular flexibility index (Phi) is 6.52. The zero-order valence-corrected chi connectivity index (χ0v) is 15.3. The fraction of sp³-hybridized carbons (Fsp3) is 0.500. The van der Waals surface area contributed by atoms with E-state index in [-0.39, 0.29) is 5.41 Å². The summed E-state index contributed by atoms with van der Waals surface area (Å²) in [5.74, 6) is 2.01. The van der Waals surface area contributed by atoms with Crippen LogP contribution in [0.15, 0.2) is 40.1 Å². The van der Waals surface area contributed by atoms with E-state index in [2.05, 4.69) is 46.4 Å². The largest absolute Gasteiger partial charge is 0.443 e. The van der Waals surface area contributed by atoms with Crippen LogP contribution in [0, 0.1) is 0 Å². The van der Waals surface area contributed by atoms with E-state index in [1.165, 1.54) is 0 Å². The Hall–Kier alpha value is -2.41. The molecule has 0 aliphatic rings. The average molecular weight is 345 g/mol. The van der Waals surface area contributed by atoms with Crippen LogP contribution in [0.3, 0.4) is 0 Å². The van der Waals surface area contributed by atoms with Crippen LogP contribution in [-0.4, -0.2) is 34.1 Å². The second-order valence-electron chi connectivity index (χ2n) is 6.74. The van der Waals surface area contributed by atoms with Gasteiger partial charge in [-0.1, -0.05) is 20.8 Å². The molecule has 2 rings (SSSR count). The minimum absolute atomic E-state index is 0.0770. The van der Waals surface area contributed by atoms with Crippen molar-refractivity contribution in [2.24, 2.45) is 4.99 Å². The van der Waals surface area contributed by atoms with Crippen molar-refractivity contribution in [1.82, 2.24) is 20.6 Å². The predicted molar refractivity (Wildman–Crippen MR) is 97.2 cm³/mol. The SMILES string of the molecule is CCNC(=NCc1ncc(C(C)(C)C)o1)NCC(O)c1ccncc1. The maximum Gasteiger partial charge on any atom is 0.216 e. The van der Waals surface area contributed by atoms with Crippen LogP contribution in [0.1, 0.15) is 51.0 Å². The lowest BCUT2D eigenvalue weighted by molar-refractivity contribution is 0.180. The van der Waals surface area contributed by atoms with E-state index < -0.39 is 6.10 Å². The van der Waals surface area contributed by atoms with Gasteiger partial charge in [-0.2, -0.15) is 0 Å². The normalized spacial score (nSPS) is 13.6. The highest BCUT2D eigenvalue weighted by molar-refractivity contribution is 5.79. The average Bonchev–Trinajstić information content (AvgIpc) is 3.07. The molecular formula is C18H27N5O2. The molecule has 136 valence electrons. The number of hydrogen-bond donors (Lipinski definition) is 3. The first-order valence-corrected chi connectivity index (χ1v) is 8.45. The van der Waals surface area contributed by atoms with E-state index in [4.69, 9.17) is 4.42 Å². The molecule has 0 radical (unpaired) electrons. The number of rotatable bonds is 6. The molecule has 3 N–H and O–H groups in total. The molecule has 0 amide bonds. The third kappa shape index (κ3) is 5.86. The van der Waals surface area contributed by atoms with Gasteiger partial charge in [0.25, 0.3) is 0 Å². The lowest BCUT2D eigenvalue weighted by Crippen LogP contribution is -2.39. The fourth-order valence-electron chi connectivity index (χ4n) is 2.12. The summed E-state index contributed by atoms with van der Waals surface area (Å²) in [7, 11) is 0. The number of guanidine groups is 1. The highest BCUT2D eigenvalue weighted by Crippen LogP contribution is 2.22. The fourth-order valence-corrected chi connectivity index (χ4v) is 2.12. The van der Waals surface area contributed by atoms with Gasteiger partial charge >= 0.3 is 0 Å². The Morgan fingerprint density at radius 3 is 2.60 bits per heavy atom. The van der Waals surface area contributed by atoms with E-state index >= 15 is 0 Å². The number of aromatic nitrogens is 2. The molecule has 1 unspecified atom stereocenters. The number of aliphatic hydroxyl groups is 1. The van der Waals surface area contributed by atoms with Gasteiger partial charge in [0, 0.05) is 30.9 Å². The zero-order valence-electron chi connectivity index (χ0n) is 15.3. The van der Waals surface area contributed by atoms with Gasteiger partial charge < -0.3 is 20.2 Å². The Balaban J connectivity index is 1.95. The number of hydrogen-bond acceptors (Lipinski definition) is 5. The smallest absolute Gasteiger partial charge is 0.216 e. The summed E-state index contributed by atoms with van der Waals surface area (Å²) in [6.45, 7) is 9.60. The lowest BCUT2D eigenvalue weighted by atomic mass is 9.94. The van der Waals surface area contributed by atoms with Crippen LogP contribution in [0.5, 0.6) is 0 Å². The lowest BCUT2D eigenvalue weighted by Gasteiger charge is -2.15. The van der Waals surface area contributed by atoms with E-state index in [9.17, 15) is 5.11 Å². The van der Waals surface area contributed by atoms with Crippen LogP contribution >= 0.6 is 0 Å². The van der Waals surface area contributed by atoms with Crippen molar-refractivity contribution >= 4 is 5.96 Å². The van der Waals surface area contributed by atoms with Gasteiger partial charge in [0.05, 0.1) is 12.3 Å². The van der Waals surface area contributed by atoms with Gasteiger partial charge in [-0.3, -0.25) is 4.98 Å². The van der Waals surface area contributed by atoms with Gasteiger partial charge in [-0.05, 0) is 24.6 Å². The van der Waals surface area contributed by atoms with Crippen LogP contribution in [0.2, 0.25) is 0 Å². The molecule has 0 fully saturated rings. The number of pyridine rings is 1. The monoisotopic (exact) mass is 345 g/mol. The second kappa shape index (κ2) is 8.62. The number of oxazole rings is 1. The molecule has 7 heteroatoms. The van der Waals surface area contributed by atoms with Crippen LogP contribution in [0.4, 0.5) is 0 Å². The van der Waals surface area contributed by atoms with Gasteiger partial charge in [0.15, 0.2) is 5.96 Å². The molecule has 1 atom stereocenters. The Morgan fingerprint density at radius 1 is 1.28 bits per heavy atom.